The Bertz CT molecular complexity index is 66.1. The first-order chi connectivity index (χ1) is 4.16. The molecule has 0 rings (SSSR count). The second-order valence-electron chi connectivity index (χ2n) is 2.45. The van der Waals surface area contributed by atoms with E-state index in [4.69, 9.17) is 10.8 Å². The van der Waals surface area contributed by atoms with Crippen molar-refractivity contribution in [2.45, 2.75) is 26.0 Å². The summed E-state index contributed by atoms with van der Waals surface area (Å²) >= 11 is 0. The maximum atomic E-state index is 8.92. The van der Waals surface area contributed by atoms with Gasteiger partial charge in [0.25, 0.3) is 0 Å². The maximum Gasteiger partial charge on any atom is 0.0786 e. The molecule has 0 aliphatic rings. The van der Waals surface area contributed by atoms with Gasteiger partial charge in [0.15, 0.2) is 0 Å². The van der Waals surface area contributed by atoms with Crippen LogP contribution in [0.5, 0.6) is 0 Å². The molecule has 0 amide bonds. The van der Waals surface area contributed by atoms with Crippen molar-refractivity contribution in [1.82, 2.24) is 5.32 Å². The molecular weight excluding hydrogens is 116 g/mol. The lowest BCUT2D eigenvalue weighted by atomic mass is 10.3. The molecule has 0 unspecified atom stereocenters. The first-order valence-corrected chi connectivity index (χ1v) is 3.28. The summed E-state index contributed by atoms with van der Waals surface area (Å²) in [4.78, 5) is 0. The third-order valence-corrected chi connectivity index (χ3v) is 1.03. The van der Waals surface area contributed by atoms with Crippen molar-refractivity contribution in [3.05, 3.63) is 0 Å². The van der Waals surface area contributed by atoms with Crippen LogP contribution in [0.2, 0.25) is 0 Å². The molecule has 0 aliphatic carbocycles. The number of hydrogen-bond donors (Lipinski definition) is 3. The van der Waals surface area contributed by atoms with Crippen LogP contribution in [-0.4, -0.2) is 30.3 Å². The molecule has 3 heteroatoms. The average molecular weight is 132 g/mol. The summed E-state index contributed by atoms with van der Waals surface area (Å²) in [7, 11) is 0. The molecule has 0 fully saturated rings. The largest absolute Gasteiger partial charge is 0.390 e. The molecule has 0 saturated carbocycles. The van der Waals surface area contributed by atoms with Gasteiger partial charge in [-0.05, 0) is 0 Å². The third-order valence-electron chi connectivity index (χ3n) is 1.03. The highest BCUT2D eigenvalue weighted by atomic mass is 16.3. The Morgan fingerprint density at radius 3 is 2.44 bits per heavy atom. The molecule has 3 nitrogen and oxygen atoms in total. The topological polar surface area (TPSA) is 58.3 Å². The Kier molecular flexibility index (Phi) is 4.67. The molecular formula is C6H16N2O. The van der Waals surface area contributed by atoms with Crippen molar-refractivity contribution in [2.24, 2.45) is 5.73 Å². The van der Waals surface area contributed by atoms with E-state index >= 15 is 0 Å². The highest BCUT2D eigenvalue weighted by molar-refractivity contribution is 4.61. The van der Waals surface area contributed by atoms with Gasteiger partial charge in [-0.15, -0.1) is 0 Å². The minimum Gasteiger partial charge on any atom is -0.390 e. The van der Waals surface area contributed by atoms with Crippen molar-refractivity contribution in [3.63, 3.8) is 0 Å². The molecule has 0 radical (unpaired) electrons. The molecule has 1 atom stereocenters. The van der Waals surface area contributed by atoms with Crippen LogP contribution in [0.4, 0.5) is 0 Å². The molecule has 0 saturated heterocycles. The summed E-state index contributed by atoms with van der Waals surface area (Å²) in [5, 5.41) is 12.0. The zero-order valence-electron chi connectivity index (χ0n) is 6.09. The van der Waals surface area contributed by atoms with Gasteiger partial charge < -0.3 is 16.2 Å². The van der Waals surface area contributed by atoms with E-state index < -0.39 is 6.10 Å². The van der Waals surface area contributed by atoms with E-state index in [1.165, 1.54) is 0 Å². The number of nitrogens with two attached hydrogens (primary N) is 1. The van der Waals surface area contributed by atoms with E-state index in [1.54, 1.807) is 0 Å². The number of aliphatic hydroxyl groups is 1. The SMILES string of the molecule is CC(C)NC[C@@H](O)CN. The molecule has 0 aromatic carbocycles. The van der Waals surface area contributed by atoms with Crippen molar-refractivity contribution >= 4 is 0 Å². The summed E-state index contributed by atoms with van der Waals surface area (Å²) in [6.07, 6.45) is -0.396. The molecule has 0 bridgehead atoms. The lowest BCUT2D eigenvalue weighted by molar-refractivity contribution is 0.176. The van der Waals surface area contributed by atoms with Gasteiger partial charge in [0, 0.05) is 19.1 Å². The Morgan fingerprint density at radius 1 is 1.56 bits per heavy atom. The second kappa shape index (κ2) is 4.73. The first kappa shape index (κ1) is 8.88. The average Bonchev–Trinajstić information content (AvgIpc) is 1.83. The van der Waals surface area contributed by atoms with Gasteiger partial charge in [0.05, 0.1) is 6.10 Å². The first-order valence-electron chi connectivity index (χ1n) is 3.28. The Balaban J connectivity index is 3.06. The van der Waals surface area contributed by atoms with Crippen LogP contribution in [0.3, 0.4) is 0 Å². The maximum absolute atomic E-state index is 8.92. The van der Waals surface area contributed by atoms with Crippen LogP contribution in [0, 0.1) is 0 Å². The summed E-state index contributed by atoms with van der Waals surface area (Å²) in [5.41, 5.74) is 5.17. The molecule has 0 spiro atoms. The van der Waals surface area contributed by atoms with Gasteiger partial charge in [-0.25, -0.2) is 0 Å². The Hall–Kier alpha value is -0.120. The van der Waals surface area contributed by atoms with Gasteiger partial charge >= 0.3 is 0 Å². The van der Waals surface area contributed by atoms with E-state index in [2.05, 4.69) is 5.32 Å². The molecule has 4 N–H and O–H groups in total. The minimum atomic E-state index is -0.396. The number of rotatable bonds is 4. The number of nitrogens with one attached hydrogen (secondary N) is 1. The van der Waals surface area contributed by atoms with Crippen LogP contribution in [0.25, 0.3) is 0 Å². The van der Waals surface area contributed by atoms with Crippen molar-refractivity contribution in [1.29, 1.82) is 0 Å². The van der Waals surface area contributed by atoms with Crippen LogP contribution >= 0.6 is 0 Å². The van der Waals surface area contributed by atoms with Crippen molar-refractivity contribution in [3.8, 4) is 0 Å². The highest BCUT2D eigenvalue weighted by Crippen LogP contribution is 1.78. The van der Waals surface area contributed by atoms with Gasteiger partial charge in [-0.1, -0.05) is 13.8 Å². The Labute approximate surface area is 56.2 Å². The fourth-order valence-electron chi connectivity index (χ4n) is 0.455. The van der Waals surface area contributed by atoms with Crippen LogP contribution < -0.4 is 11.1 Å². The van der Waals surface area contributed by atoms with Gasteiger partial charge in [-0.2, -0.15) is 0 Å². The molecule has 0 aromatic heterocycles. The van der Waals surface area contributed by atoms with E-state index in [9.17, 15) is 0 Å². The van der Waals surface area contributed by atoms with Crippen molar-refractivity contribution < 1.29 is 5.11 Å². The molecule has 56 valence electrons. The lowest BCUT2D eigenvalue weighted by Gasteiger charge is -2.11. The normalized spacial score (nSPS) is 14.3. The standard InChI is InChI=1S/C6H16N2O/c1-5(2)8-4-6(9)3-7/h5-6,8-9H,3-4,7H2,1-2H3/t6-/m0/s1. The molecule has 0 aliphatic heterocycles. The fourth-order valence-corrected chi connectivity index (χ4v) is 0.455. The summed E-state index contributed by atoms with van der Waals surface area (Å²) in [5.74, 6) is 0. The van der Waals surface area contributed by atoms with Gasteiger partial charge in [-0.3, -0.25) is 0 Å². The smallest absolute Gasteiger partial charge is 0.0786 e. The minimum absolute atomic E-state index is 0.333. The molecule has 9 heavy (non-hydrogen) atoms. The van der Waals surface area contributed by atoms with E-state index in [0.29, 0.717) is 19.1 Å². The predicted molar refractivity (Wildman–Crippen MR) is 38.2 cm³/mol. The van der Waals surface area contributed by atoms with E-state index in [-0.39, 0.29) is 0 Å². The third kappa shape index (κ3) is 5.76. The van der Waals surface area contributed by atoms with E-state index in [0.717, 1.165) is 0 Å². The fraction of sp³-hybridized carbons (Fsp3) is 1.00. The summed E-state index contributed by atoms with van der Waals surface area (Å²) < 4.78 is 0. The monoisotopic (exact) mass is 132 g/mol. The molecule has 0 aromatic rings. The highest BCUT2D eigenvalue weighted by Gasteiger charge is 1.99. The zero-order valence-corrected chi connectivity index (χ0v) is 6.09. The van der Waals surface area contributed by atoms with Crippen LogP contribution in [0.1, 0.15) is 13.8 Å². The van der Waals surface area contributed by atoms with Crippen LogP contribution in [0.15, 0.2) is 0 Å². The predicted octanol–water partition coefficient (Wildman–Crippen LogP) is -0.696. The molecule has 0 heterocycles. The second-order valence-corrected chi connectivity index (χ2v) is 2.45. The zero-order chi connectivity index (χ0) is 7.28. The van der Waals surface area contributed by atoms with Crippen molar-refractivity contribution in [2.75, 3.05) is 13.1 Å². The van der Waals surface area contributed by atoms with E-state index in [1.807, 2.05) is 13.8 Å². The van der Waals surface area contributed by atoms with Gasteiger partial charge in [0.1, 0.15) is 0 Å². The lowest BCUT2D eigenvalue weighted by Crippen LogP contribution is -2.35. The van der Waals surface area contributed by atoms with Gasteiger partial charge in [0.2, 0.25) is 0 Å². The summed E-state index contributed by atoms with van der Waals surface area (Å²) in [6.45, 7) is 4.99. The number of aliphatic hydroxyl groups excluding tert-OH is 1. The summed E-state index contributed by atoms with van der Waals surface area (Å²) in [6, 6.07) is 0.422. The Morgan fingerprint density at radius 2 is 2.11 bits per heavy atom. The van der Waals surface area contributed by atoms with Crippen LogP contribution in [-0.2, 0) is 0 Å². The number of hydrogen-bond acceptors (Lipinski definition) is 3. The quantitative estimate of drug-likeness (QED) is 0.474.